The predicted molar refractivity (Wildman–Crippen MR) is 96.8 cm³/mol. The molecule has 0 bridgehead atoms. The van der Waals surface area contributed by atoms with E-state index < -0.39 is 5.60 Å². The van der Waals surface area contributed by atoms with E-state index in [1.165, 1.54) is 6.08 Å². The molecular weight excluding hydrogens is 334 g/mol. The third kappa shape index (κ3) is 4.77. The minimum Gasteiger partial charge on any atom is -0.490 e. The zero-order valence-electron chi connectivity index (χ0n) is 15.5. The maximum absolute atomic E-state index is 12.1. The number of carbonyl (C=O) groups excluding carboxylic acids is 2. The number of carbonyl (C=O) groups is 2. The van der Waals surface area contributed by atoms with Crippen LogP contribution in [-0.4, -0.2) is 48.4 Å². The highest BCUT2D eigenvalue weighted by Crippen LogP contribution is 2.25. The molecule has 0 aliphatic carbocycles. The fourth-order valence-corrected chi connectivity index (χ4v) is 2.96. The summed E-state index contributed by atoms with van der Waals surface area (Å²) in [5.41, 5.74) is 1.37. The molecule has 0 aromatic heterocycles. The Kier molecular flexibility index (Phi) is 5.20. The number of benzene rings is 1. The first-order chi connectivity index (χ1) is 12.3. The Morgan fingerprint density at radius 3 is 2.35 bits per heavy atom. The van der Waals surface area contributed by atoms with Crippen molar-refractivity contribution in [3.05, 3.63) is 35.9 Å². The Labute approximate surface area is 153 Å². The van der Waals surface area contributed by atoms with Crippen LogP contribution in [0.1, 0.15) is 39.2 Å². The second-order valence-corrected chi connectivity index (χ2v) is 7.59. The van der Waals surface area contributed by atoms with Crippen molar-refractivity contribution in [2.75, 3.05) is 19.7 Å². The number of esters is 1. The standard InChI is InChI=1S/C20H25NO5/c1-20(2,3)26-19(23)21-10-8-17(9-11-21)25-16-6-4-14(5-7-16)15-12-18(22)24-13-15/h4-7,12,17H,8-11,13H2,1-3H3. The molecule has 1 amide bonds. The second kappa shape index (κ2) is 7.40. The molecule has 0 N–H and O–H groups in total. The van der Waals surface area contributed by atoms with E-state index in [1.54, 1.807) is 4.90 Å². The van der Waals surface area contributed by atoms with E-state index >= 15 is 0 Å². The van der Waals surface area contributed by atoms with Crippen LogP contribution in [0.5, 0.6) is 5.75 Å². The largest absolute Gasteiger partial charge is 0.490 e. The van der Waals surface area contributed by atoms with E-state index in [2.05, 4.69) is 0 Å². The van der Waals surface area contributed by atoms with Crippen LogP contribution in [0.4, 0.5) is 4.79 Å². The van der Waals surface area contributed by atoms with Crippen LogP contribution < -0.4 is 4.74 Å². The first-order valence-corrected chi connectivity index (χ1v) is 8.92. The van der Waals surface area contributed by atoms with Crippen LogP contribution in [0.15, 0.2) is 30.3 Å². The van der Waals surface area contributed by atoms with Gasteiger partial charge in [-0.3, -0.25) is 0 Å². The fourth-order valence-electron chi connectivity index (χ4n) is 2.96. The number of rotatable bonds is 3. The van der Waals surface area contributed by atoms with Gasteiger partial charge in [-0.25, -0.2) is 9.59 Å². The van der Waals surface area contributed by atoms with Crippen molar-refractivity contribution in [1.29, 1.82) is 0 Å². The van der Waals surface area contributed by atoms with E-state index in [0.29, 0.717) is 19.7 Å². The second-order valence-electron chi connectivity index (χ2n) is 7.59. The van der Waals surface area contributed by atoms with Gasteiger partial charge in [0.05, 0.1) is 0 Å². The van der Waals surface area contributed by atoms with Crippen LogP contribution in [-0.2, 0) is 14.3 Å². The zero-order valence-corrected chi connectivity index (χ0v) is 15.5. The summed E-state index contributed by atoms with van der Waals surface area (Å²) in [4.78, 5) is 25.0. The van der Waals surface area contributed by atoms with Crippen molar-refractivity contribution in [2.45, 2.75) is 45.3 Å². The summed E-state index contributed by atoms with van der Waals surface area (Å²) >= 11 is 0. The van der Waals surface area contributed by atoms with Gasteiger partial charge >= 0.3 is 12.1 Å². The maximum atomic E-state index is 12.1. The topological polar surface area (TPSA) is 65.1 Å². The van der Waals surface area contributed by atoms with Crippen LogP contribution in [0.25, 0.3) is 5.57 Å². The smallest absolute Gasteiger partial charge is 0.410 e. The number of cyclic esters (lactones) is 1. The molecule has 3 rings (SSSR count). The molecule has 6 nitrogen and oxygen atoms in total. The van der Waals surface area contributed by atoms with Gasteiger partial charge in [0, 0.05) is 37.6 Å². The van der Waals surface area contributed by atoms with Gasteiger partial charge in [0.25, 0.3) is 0 Å². The molecular formula is C20H25NO5. The third-order valence-corrected chi connectivity index (χ3v) is 4.28. The van der Waals surface area contributed by atoms with Crippen molar-refractivity contribution >= 4 is 17.6 Å². The summed E-state index contributed by atoms with van der Waals surface area (Å²) in [6.45, 7) is 7.19. The van der Waals surface area contributed by atoms with Crippen molar-refractivity contribution in [3.63, 3.8) is 0 Å². The van der Waals surface area contributed by atoms with Crippen LogP contribution in [0.3, 0.4) is 0 Å². The molecule has 2 heterocycles. The Balaban J connectivity index is 1.49. The van der Waals surface area contributed by atoms with Gasteiger partial charge in [-0.15, -0.1) is 0 Å². The molecule has 0 spiro atoms. The van der Waals surface area contributed by atoms with E-state index in [9.17, 15) is 9.59 Å². The minimum absolute atomic E-state index is 0.0788. The average molecular weight is 359 g/mol. The molecule has 2 aliphatic heterocycles. The van der Waals surface area contributed by atoms with Crippen molar-refractivity contribution < 1.29 is 23.8 Å². The number of likely N-dealkylation sites (tertiary alicyclic amines) is 1. The molecule has 0 saturated carbocycles. The molecule has 1 aromatic carbocycles. The number of nitrogens with zero attached hydrogens (tertiary/aromatic N) is 1. The van der Waals surface area contributed by atoms with Gasteiger partial charge in [0.1, 0.15) is 24.1 Å². The predicted octanol–water partition coefficient (Wildman–Crippen LogP) is 3.41. The Morgan fingerprint density at radius 2 is 1.81 bits per heavy atom. The van der Waals surface area contributed by atoms with Gasteiger partial charge in [0.2, 0.25) is 0 Å². The lowest BCUT2D eigenvalue weighted by molar-refractivity contribution is -0.134. The van der Waals surface area contributed by atoms with E-state index in [1.807, 2.05) is 45.0 Å². The lowest BCUT2D eigenvalue weighted by atomic mass is 10.1. The Morgan fingerprint density at radius 1 is 1.15 bits per heavy atom. The SMILES string of the molecule is CC(C)(C)OC(=O)N1CCC(Oc2ccc(C3=CC(=O)OC3)cc2)CC1. The molecule has 0 unspecified atom stereocenters. The highest BCUT2D eigenvalue weighted by atomic mass is 16.6. The summed E-state index contributed by atoms with van der Waals surface area (Å²) in [6, 6.07) is 7.66. The molecule has 2 aliphatic rings. The average Bonchev–Trinajstić information content (AvgIpc) is 3.01. The molecule has 1 aromatic rings. The zero-order chi connectivity index (χ0) is 18.7. The monoisotopic (exact) mass is 359 g/mol. The molecule has 6 heteroatoms. The molecule has 1 fully saturated rings. The van der Waals surface area contributed by atoms with Crippen LogP contribution in [0, 0.1) is 0 Å². The van der Waals surface area contributed by atoms with Crippen molar-refractivity contribution in [3.8, 4) is 5.75 Å². The number of amides is 1. The first kappa shape index (κ1) is 18.3. The quantitative estimate of drug-likeness (QED) is 0.774. The lowest BCUT2D eigenvalue weighted by Gasteiger charge is -2.33. The summed E-state index contributed by atoms with van der Waals surface area (Å²) in [6.07, 6.45) is 2.88. The van der Waals surface area contributed by atoms with E-state index in [4.69, 9.17) is 14.2 Å². The van der Waals surface area contributed by atoms with Gasteiger partial charge in [-0.1, -0.05) is 12.1 Å². The summed E-state index contributed by atoms with van der Waals surface area (Å²) in [5, 5.41) is 0. The number of hydrogen-bond acceptors (Lipinski definition) is 5. The fraction of sp³-hybridized carbons (Fsp3) is 0.500. The summed E-state index contributed by atoms with van der Waals surface area (Å²) in [7, 11) is 0. The number of piperidine rings is 1. The van der Waals surface area contributed by atoms with Crippen LogP contribution >= 0.6 is 0 Å². The van der Waals surface area contributed by atoms with E-state index in [0.717, 1.165) is 29.7 Å². The normalized spacial score (nSPS) is 18.3. The summed E-state index contributed by atoms with van der Waals surface area (Å²) < 4.78 is 16.4. The van der Waals surface area contributed by atoms with Crippen molar-refractivity contribution in [1.82, 2.24) is 4.90 Å². The number of hydrogen-bond donors (Lipinski definition) is 0. The number of ether oxygens (including phenoxy) is 3. The molecule has 1 saturated heterocycles. The van der Waals surface area contributed by atoms with Gasteiger partial charge < -0.3 is 19.1 Å². The maximum Gasteiger partial charge on any atom is 0.410 e. The third-order valence-electron chi connectivity index (χ3n) is 4.28. The molecule has 0 atom stereocenters. The van der Waals surface area contributed by atoms with Gasteiger partial charge in [0.15, 0.2) is 0 Å². The molecule has 0 radical (unpaired) electrons. The first-order valence-electron chi connectivity index (χ1n) is 8.92. The highest BCUT2D eigenvalue weighted by molar-refractivity contribution is 5.95. The molecule has 140 valence electrons. The Hall–Kier alpha value is -2.50. The minimum atomic E-state index is -0.476. The van der Waals surface area contributed by atoms with Crippen LogP contribution in [0.2, 0.25) is 0 Å². The van der Waals surface area contributed by atoms with Gasteiger partial charge in [-0.2, -0.15) is 0 Å². The molecule has 26 heavy (non-hydrogen) atoms. The van der Waals surface area contributed by atoms with E-state index in [-0.39, 0.29) is 18.2 Å². The van der Waals surface area contributed by atoms with Crippen molar-refractivity contribution in [2.24, 2.45) is 0 Å². The van der Waals surface area contributed by atoms with Gasteiger partial charge in [-0.05, 0) is 38.5 Å². The Bertz CT molecular complexity index is 694. The highest BCUT2D eigenvalue weighted by Gasteiger charge is 2.27. The lowest BCUT2D eigenvalue weighted by Crippen LogP contribution is -2.44. The summed E-state index contributed by atoms with van der Waals surface area (Å²) in [5.74, 6) is 0.493.